The molecule has 1 saturated heterocycles. The maximum atomic E-state index is 11.6. The van der Waals surface area contributed by atoms with E-state index in [1.807, 2.05) is 24.4 Å². The highest BCUT2D eigenvalue weighted by Crippen LogP contribution is 2.17. The number of nitrogens with zero attached hydrogens (tertiary/aromatic N) is 2. The minimum Gasteiger partial charge on any atom is -0.356 e. The lowest BCUT2D eigenvalue weighted by molar-refractivity contribution is -0.122. The molecule has 1 amide bonds. The lowest BCUT2D eigenvalue weighted by atomic mass is 10.0. The Bertz CT molecular complexity index is 388. The van der Waals surface area contributed by atoms with Crippen LogP contribution in [0.2, 0.25) is 0 Å². The Morgan fingerprint density at radius 1 is 1.42 bits per heavy atom. The number of carbonyl (C=O) groups excluding carboxylic acids is 1. The molecule has 0 unspecified atom stereocenters. The molecule has 0 saturated carbocycles. The first-order chi connectivity index (χ1) is 9.29. The predicted molar refractivity (Wildman–Crippen MR) is 75.9 cm³/mol. The molecule has 2 heterocycles. The summed E-state index contributed by atoms with van der Waals surface area (Å²) in [7, 11) is 0. The van der Waals surface area contributed by atoms with Gasteiger partial charge in [0.1, 0.15) is 5.82 Å². The SMILES string of the molecule is NCCCC(=O)NC1CCN(c2ccccn2)CC1. The monoisotopic (exact) mass is 262 g/mol. The van der Waals surface area contributed by atoms with Crippen molar-refractivity contribution in [3.05, 3.63) is 24.4 Å². The smallest absolute Gasteiger partial charge is 0.220 e. The summed E-state index contributed by atoms with van der Waals surface area (Å²) >= 11 is 0. The van der Waals surface area contributed by atoms with Crippen molar-refractivity contribution in [2.24, 2.45) is 5.73 Å². The van der Waals surface area contributed by atoms with Gasteiger partial charge in [-0.1, -0.05) is 6.07 Å². The Hall–Kier alpha value is -1.62. The third-order valence-electron chi connectivity index (χ3n) is 3.44. The summed E-state index contributed by atoms with van der Waals surface area (Å²) in [5.74, 6) is 1.15. The second kappa shape index (κ2) is 7.09. The zero-order valence-electron chi connectivity index (χ0n) is 11.2. The standard InChI is InChI=1S/C14H22N4O/c15-8-3-5-14(19)17-12-6-10-18(11-7-12)13-4-1-2-9-16-13/h1-2,4,9,12H,3,5-8,10-11,15H2,(H,17,19). The lowest BCUT2D eigenvalue weighted by Crippen LogP contribution is -2.45. The van der Waals surface area contributed by atoms with Gasteiger partial charge in [-0.25, -0.2) is 4.98 Å². The number of carbonyl (C=O) groups is 1. The molecule has 2 rings (SSSR count). The van der Waals surface area contributed by atoms with E-state index < -0.39 is 0 Å². The highest BCUT2D eigenvalue weighted by atomic mass is 16.1. The molecule has 0 atom stereocenters. The molecule has 1 aromatic heterocycles. The van der Waals surface area contributed by atoms with Crippen LogP contribution in [0, 0.1) is 0 Å². The van der Waals surface area contributed by atoms with Crippen molar-refractivity contribution in [3.8, 4) is 0 Å². The van der Waals surface area contributed by atoms with Gasteiger partial charge in [0.25, 0.3) is 0 Å². The second-order valence-corrected chi connectivity index (χ2v) is 4.91. The highest BCUT2D eigenvalue weighted by Gasteiger charge is 2.20. The number of hydrogen-bond acceptors (Lipinski definition) is 4. The summed E-state index contributed by atoms with van der Waals surface area (Å²) < 4.78 is 0. The van der Waals surface area contributed by atoms with Crippen LogP contribution in [0.1, 0.15) is 25.7 Å². The van der Waals surface area contributed by atoms with Crippen molar-refractivity contribution in [2.45, 2.75) is 31.7 Å². The van der Waals surface area contributed by atoms with Gasteiger partial charge in [-0.05, 0) is 37.9 Å². The molecule has 1 fully saturated rings. The van der Waals surface area contributed by atoms with Crippen molar-refractivity contribution in [3.63, 3.8) is 0 Å². The predicted octanol–water partition coefficient (Wildman–Crippen LogP) is 0.905. The van der Waals surface area contributed by atoms with E-state index in [1.165, 1.54) is 0 Å². The van der Waals surface area contributed by atoms with Crippen molar-refractivity contribution in [1.82, 2.24) is 10.3 Å². The van der Waals surface area contributed by atoms with Crippen LogP contribution < -0.4 is 16.0 Å². The fraction of sp³-hybridized carbons (Fsp3) is 0.571. The van der Waals surface area contributed by atoms with Crippen molar-refractivity contribution in [2.75, 3.05) is 24.5 Å². The largest absolute Gasteiger partial charge is 0.356 e. The van der Waals surface area contributed by atoms with Gasteiger partial charge in [-0.2, -0.15) is 0 Å². The second-order valence-electron chi connectivity index (χ2n) is 4.91. The van der Waals surface area contributed by atoms with E-state index in [9.17, 15) is 4.79 Å². The van der Waals surface area contributed by atoms with Crippen molar-refractivity contribution in [1.29, 1.82) is 0 Å². The zero-order chi connectivity index (χ0) is 13.5. The maximum absolute atomic E-state index is 11.6. The molecule has 3 N–H and O–H groups in total. The molecule has 104 valence electrons. The quantitative estimate of drug-likeness (QED) is 0.827. The average Bonchev–Trinajstić information content (AvgIpc) is 2.47. The number of aromatic nitrogens is 1. The number of nitrogens with two attached hydrogens (primary N) is 1. The summed E-state index contributed by atoms with van der Waals surface area (Å²) in [6, 6.07) is 6.25. The van der Waals surface area contributed by atoms with E-state index >= 15 is 0 Å². The maximum Gasteiger partial charge on any atom is 0.220 e. The Morgan fingerprint density at radius 3 is 2.84 bits per heavy atom. The van der Waals surface area contributed by atoms with Crippen LogP contribution in [0.3, 0.4) is 0 Å². The number of nitrogens with one attached hydrogen (secondary N) is 1. The first kappa shape index (κ1) is 13.8. The third-order valence-corrected chi connectivity index (χ3v) is 3.44. The summed E-state index contributed by atoms with van der Waals surface area (Å²) in [6.07, 6.45) is 5.07. The Labute approximate surface area is 114 Å². The molecule has 0 aliphatic carbocycles. The van der Waals surface area contributed by atoms with Crippen LogP contribution in [-0.2, 0) is 4.79 Å². The van der Waals surface area contributed by atoms with E-state index in [-0.39, 0.29) is 5.91 Å². The van der Waals surface area contributed by atoms with Crippen LogP contribution in [0.25, 0.3) is 0 Å². The van der Waals surface area contributed by atoms with Gasteiger partial charge in [-0.3, -0.25) is 4.79 Å². The summed E-state index contributed by atoms with van der Waals surface area (Å²) in [6.45, 7) is 2.46. The van der Waals surface area contributed by atoms with Crippen LogP contribution >= 0.6 is 0 Å². The number of piperidine rings is 1. The topological polar surface area (TPSA) is 71.2 Å². The van der Waals surface area contributed by atoms with E-state index in [0.717, 1.165) is 38.2 Å². The molecule has 1 aliphatic heterocycles. The van der Waals surface area contributed by atoms with Gasteiger partial charge in [0, 0.05) is 31.7 Å². The minimum atomic E-state index is 0.127. The van der Waals surface area contributed by atoms with E-state index in [4.69, 9.17) is 5.73 Å². The normalized spacial score (nSPS) is 16.4. The molecule has 0 bridgehead atoms. The van der Waals surface area contributed by atoms with Crippen molar-refractivity contribution < 1.29 is 4.79 Å². The first-order valence-corrected chi connectivity index (χ1v) is 6.95. The summed E-state index contributed by atoms with van der Waals surface area (Å²) in [5.41, 5.74) is 5.40. The zero-order valence-corrected chi connectivity index (χ0v) is 11.2. The van der Waals surface area contributed by atoms with Gasteiger partial charge < -0.3 is 16.0 Å². The fourth-order valence-corrected chi connectivity index (χ4v) is 2.36. The molecular formula is C14H22N4O. The van der Waals surface area contributed by atoms with E-state index in [1.54, 1.807) is 0 Å². The summed E-state index contributed by atoms with van der Waals surface area (Å²) in [4.78, 5) is 18.2. The van der Waals surface area contributed by atoms with Crippen LogP contribution in [0.15, 0.2) is 24.4 Å². The molecule has 0 aromatic carbocycles. The van der Waals surface area contributed by atoms with Crippen LogP contribution in [0.5, 0.6) is 0 Å². The van der Waals surface area contributed by atoms with Crippen molar-refractivity contribution >= 4 is 11.7 Å². The minimum absolute atomic E-state index is 0.127. The van der Waals surface area contributed by atoms with E-state index in [2.05, 4.69) is 15.2 Å². The molecule has 0 spiro atoms. The van der Waals surface area contributed by atoms with E-state index in [0.29, 0.717) is 19.0 Å². The molecule has 5 heteroatoms. The molecule has 0 radical (unpaired) electrons. The molecule has 1 aromatic rings. The Morgan fingerprint density at radius 2 is 2.21 bits per heavy atom. The number of pyridine rings is 1. The number of anilines is 1. The Balaban J connectivity index is 1.75. The van der Waals surface area contributed by atoms with Gasteiger partial charge in [-0.15, -0.1) is 0 Å². The Kier molecular flexibility index (Phi) is 5.15. The lowest BCUT2D eigenvalue weighted by Gasteiger charge is -2.33. The molecular weight excluding hydrogens is 240 g/mol. The molecule has 5 nitrogen and oxygen atoms in total. The van der Waals surface area contributed by atoms with Gasteiger partial charge in [0.15, 0.2) is 0 Å². The molecule has 19 heavy (non-hydrogen) atoms. The highest BCUT2D eigenvalue weighted by molar-refractivity contribution is 5.76. The number of rotatable bonds is 5. The van der Waals surface area contributed by atoms with Gasteiger partial charge in [0.05, 0.1) is 0 Å². The third kappa shape index (κ3) is 4.21. The molecule has 1 aliphatic rings. The van der Waals surface area contributed by atoms with Gasteiger partial charge >= 0.3 is 0 Å². The van der Waals surface area contributed by atoms with Crippen LogP contribution in [0.4, 0.5) is 5.82 Å². The number of hydrogen-bond donors (Lipinski definition) is 2. The first-order valence-electron chi connectivity index (χ1n) is 6.95. The summed E-state index contributed by atoms with van der Waals surface area (Å²) in [5, 5.41) is 3.08. The average molecular weight is 262 g/mol. The number of amides is 1. The van der Waals surface area contributed by atoms with Crippen LogP contribution in [-0.4, -0.2) is 36.6 Å². The van der Waals surface area contributed by atoms with Gasteiger partial charge in [0.2, 0.25) is 5.91 Å². The fourth-order valence-electron chi connectivity index (χ4n) is 2.36.